The molecule has 1 heterocycles. The number of benzene rings is 1. The third-order valence-corrected chi connectivity index (χ3v) is 5.35. The number of nitrogens with one attached hydrogen (secondary N) is 1. The summed E-state index contributed by atoms with van der Waals surface area (Å²) in [5.41, 5.74) is 0.977. The maximum atomic E-state index is 12.3. The summed E-state index contributed by atoms with van der Waals surface area (Å²) < 4.78 is 6.77. The van der Waals surface area contributed by atoms with Crippen LogP contribution in [0.2, 0.25) is 0 Å². The van der Waals surface area contributed by atoms with Crippen LogP contribution in [0.3, 0.4) is 0 Å². The van der Waals surface area contributed by atoms with Crippen LogP contribution in [-0.4, -0.2) is 45.5 Å². The van der Waals surface area contributed by atoms with Gasteiger partial charge in [-0.25, -0.2) is 4.79 Å². The zero-order chi connectivity index (χ0) is 19.8. The number of carbonyl (C=O) groups is 2. The molecule has 1 aromatic carbocycles. The Morgan fingerprint density at radius 2 is 1.93 bits per heavy atom. The molecule has 146 valence electrons. The van der Waals surface area contributed by atoms with Gasteiger partial charge in [0.15, 0.2) is 11.0 Å². The average molecular weight is 391 g/mol. The quantitative estimate of drug-likeness (QED) is 0.523. The molecule has 0 spiro atoms. The number of methoxy groups -OCH3 is 1. The molecule has 2 rings (SSSR count). The second-order valence-electron chi connectivity index (χ2n) is 6.16. The molecule has 0 saturated carbocycles. The Balaban J connectivity index is 2.05. The van der Waals surface area contributed by atoms with Crippen molar-refractivity contribution in [3.05, 3.63) is 30.3 Å². The van der Waals surface area contributed by atoms with E-state index in [2.05, 4.69) is 15.5 Å². The van der Waals surface area contributed by atoms with Crippen molar-refractivity contribution in [3.63, 3.8) is 0 Å². The molecule has 0 aliphatic heterocycles. The van der Waals surface area contributed by atoms with E-state index in [1.165, 1.54) is 18.9 Å². The number of carbonyl (C=O) groups excluding carboxylic acids is 2. The second-order valence-corrected chi connectivity index (χ2v) is 7.10. The highest BCUT2D eigenvalue weighted by Gasteiger charge is 2.26. The normalized spacial score (nSPS) is 13.0. The predicted molar refractivity (Wildman–Crippen MR) is 105 cm³/mol. The van der Waals surface area contributed by atoms with Crippen molar-refractivity contribution in [1.82, 2.24) is 20.1 Å². The summed E-state index contributed by atoms with van der Waals surface area (Å²) in [6, 6.07) is 9.16. The number of hydrogen-bond acceptors (Lipinski definition) is 6. The van der Waals surface area contributed by atoms with Gasteiger partial charge in [0.05, 0.1) is 12.9 Å². The van der Waals surface area contributed by atoms with Gasteiger partial charge in [0.2, 0.25) is 5.91 Å². The lowest BCUT2D eigenvalue weighted by Crippen LogP contribution is -2.46. The highest BCUT2D eigenvalue weighted by atomic mass is 32.2. The lowest BCUT2D eigenvalue weighted by atomic mass is 9.99. The van der Waals surface area contributed by atoms with Crippen LogP contribution >= 0.6 is 11.8 Å². The molecule has 0 bridgehead atoms. The first-order valence-electron chi connectivity index (χ1n) is 9.00. The summed E-state index contributed by atoms with van der Waals surface area (Å²) in [5, 5.41) is 11.9. The Labute approximate surface area is 163 Å². The van der Waals surface area contributed by atoms with Crippen LogP contribution in [-0.2, 0) is 20.9 Å². The summed E-state index contributed by atoms with van der Waals surface area (Å²) in [6.07, 6.45) is 0.762. The smallest absolute Gasteiger partial charge is 0.328 e. The fourth-order valence-corrected chi connectivity index (χ4v) is 3.44. The largest absolute Gasteiger partial charge is 0.467 e. The van der Waals surface area contributed by atoms with Gasteiger partial charge in [-0.3, -0.25) is 4.79 Å². The molecule has 1 aromatic heterocycles. The molecule has 0 fully saturated rings. The van der Waals surface area contributed by atoms with Gasteiger partial charge < -0.3 is 14.6 Å². The standard InChI is InChI=1S/C19H26N4O3S/c1-5-13(3)16(18(25)26-4)20-15(24)12-27-19-22-21-17(23(19)6-2)14-10-8-7-9-11-14/h7-11,13,16H,5-6,12H2,1-4H3,(H,20,24). The lowest BCUT2D eigenvalue weighted by molar-refractivity contribution is -0.146. The van der Waals surface area contributed by atoms with Gasteiger partial charge in [-0.15, -0.1) is 10.2 Å². The van der Waals surface area contributed by atoms with Gasteiger partial charge in [-0.05, 0) is 12.8 Å². The SMILES string of the molecule is CCC(C)C(NC(=O)CSc1nnc(-c2ccccc2)n1CC)C(=O)OC. The number of amides is 1. The molecule has 8 heteroatoms. The topological polar surface area (TPSA) is 86.1 Å². The predicted octanol–water partition coefficient (Wildman–Crippen LogP) is 2.76. The van der Waals surface area contributed by atoms with Crippen molar-refractivity contribution in [3.8, 4) is 11.4 Å². The van der Waals surface area contributed by atoms with Crippen LogP contribution in [0.4, 0.5) is 0 Å². The molecular weight excluding hydrogens is 364 g/mol. The van der Waals surface area contributed by atoms with E-state index in [0.717, 1.165) is 17.8 Å². The molecule has 27 heavy (non-hydrogen) atoms. The maximum absolute atomic E-state index is 12.3. The number of hydrogen-bond donors (Lipinski definition) is 1. The van der Waals surface area contributed by atoms with Crippen molar-refractivity contribution >= 4 is 23.6 Å². The van der Waals surface area contributed by atoms with Crippen molar-refractivity contribution < 1.29 is 14.3 Å². The van der Waals surface area contributed by atoms with E-state index in [4.69, 9.17) is 4.74 Å². The minimum atomic E-state index is -0.642. The lowest BCUT2D eigenvalue weighted by Gasteiger charge is -2.21. The van der Waals surface area contributed by atoms with Crippen LogP contribution in [0, 0.1) is 5.92 Å². The van der Waals surface area contributed by atoms with Crippen molar-refractivity contribution in [1.29, 1.82) is 0 Å². The molecule has 2 unspecified atom stereocenters. The van der Waals surface area contributed by atoms with E-state index >= 15 is 0 Å². The van der Waals surface area contributed by atoms with Gasteiger partial charge in [0, 0.05) is 12.1 Å². The van der Waals surface area contributed by atoms with Crippen LogP contribution in [0.25, 0.3) is 11.4 Å². The van der Waals surface area contributed by atoms with Gasteiger partial charge >= 0.3 is 5.97 Å². The molecule has 7 nitrogen and oxygen atoms in total. The first-order chi connectivity index (χ1) is 13.0. The molecule has 1 N–H and O–H groups in total. The van der Waals surface area contributed by atoms with Gasteiger partial charge in [0.1, 0.15) is 6.04 Å². The number of aromatic nitrogens is 3. The summed E-state index contributed by atoms with van der Waals surface area (Å²) >= 11 is 1.30. The Bertz CT molecular complexity index is 764. The fourth-order valence-electron chi connectivity index (χ4n) is 2.62. The van der Waals surface area contributed by atoms with Crippen LogP contribution in [0.5, 0.6) is 0 Å². The third kappa shape index (κ3) is 5.32. The van der Waals surface area contributed by atoms with Gasteiger partial charge in [0.25, 0.3) is 0 Å². The average Bonchev–Trinajstić information content (AvgIpc) is 3.12. The number of nitrogens with zero attached hydrogens (tertiary/aromatic N) is 3. The Morgan fingerprint density at radius 3 is 2.52 bits per heavy atom. The number of ether oxygens (including phenoxy) is 1. The van der Waals surface area contributed by atoms with E-state index in [1.54, 1.807) is 0 Å². The van der Waals surface area contributed by atoms with E-state index in [-0.39, 0.29) is 17.6 Å². The number of esters is 1. The van der Waals surface area contributed by atoms with Crippen molar-refractivity contribution in [2.45, 2.75) is 44.9 Å². The third-order valence-electron chi connectivity index (χ3n) is 4.38. The zero-order valence-corrected chi connectivity index (χ0v) is 17.0. The zero-order valence-electron chi connectivity index (χ0n) is 16.1. The Morgan fingerprint density at radius 1 is 1.22 bits per heavy atom. The van der Waals surface area contributed by atoms with E-state index in [0.29, 0.717) is 11.7 Å². The molecule has 0 saturated heterocycles. The number of thioether (sulfide) groups is 1. The monoisotopic (exact) mass is 390 g/mol. The molecule has 0 radical (unpaired) electrons. The van der Waals surface area contributed by atoms with Crippen LogP contribution in [0.15, 0.2) is 35.5 Å². The first-order valence-corrected chi connectivity index (χ1v) is 9.98. The Hall–Kier alpha value is -2.35. The molecule has 1 amide bonds. The highest BCUT2D eigenvalue weighted by Crippen LogP contribution is 2.23. The molecule has 2 atom stereocenters. The van der Waals surface area contributed by atoms with Gasteiger partial charge in [-0.2, -0.15) is 0 Å². The second kappa shape index (κ2) is 10.1. The van der Waals surface area contributed by atoms with E-state index in [1.807, 2.05) is 55.7 Å². The van der Waals surface area contributed by atoms with E-state index in [9.17, 15) is 9.59 Å². The minimum absolute atomic E-state index is 0.00428. The summed E-state index contributed by atoms with van der Waals surface area (Å²) in [4.78, 5) is 24.3. The molecular formula is C19H26N4O3S. The maximum Gasteiger partial charge on any atom is 0.328 e. The van der Waals surface area contributed by atoms with Crippen LogP contribution < -0.4 is 5.32 Å². The molecule has 0 aliphatic carbocycles. The molecule has 0 aliphatic rings. The van der Waals surface area contributed by atoms with Crippen molar-refractivity contribution in [2.24, 2.45) is 5.92 Å². The van der Waals surface area contributed by atoms with Crippen molar-refractivity contribution in [2.75, 3.05) is 12.9 Å². The van der Waals surface area contributed by atoms with Gasteiger partial charge in [-0.1, -0.05) is 62.4 Å². The summed E-state index contributed by atoms with van der Waals surface area (Å²) in [5.74, 6) is 0.258. The van der Waals surface area contributed by atoms with E-state index < -0.39 is 12.0 Å². The summed E-state index contributed by atoms with van der Waals surface area (Å²) in [7, 11) is 1.33. The summed E-state index contributed by atoms with van der Waals surface area (Å²) in [6.45, 7) is 6.58. The van der Waals surface area contributed by atoms with Crippen LogP contribution in [0.1, 0.15) is 27.2 Å². The fraction of sp³-hybridized carbons (Fsp3) is 0.474. The number of rotatable bonds is 9. The minimum Gasteiger partial charge on any atom is -0.467 e. The molecule has 2 aromatic rings. The Kier molecular flexibility index (Phi) is 7.84. The first kappa shape index (κ1) is 21.0. The highest BCUT2D eigenvalue weighted by molar-refractivity contribution is 7.99.